The Labute approximate surface area is 109 Å². The highest BCUT2D eigenvalue weighted by Crippen LogP contribution is 2.31. The third-order valence-corrected chi connectivity index (χ3v) is 3.23. The number of pyridine rings is 1. The SMILES string of the molecule is NC1(c2ccccc2)C(=O)Nc2ncccc2C1=O. The number of nitrogens with one attached hydrogen (secondary N) is 1. The van der Waals surface area contributed by atoms with E-state index in [0.29, 0.717) is 11.1 Å². The summed E-state index contributed by atoms with van der Waals surface area (Å²) in [5, 5.41) is 2.58. The fraction of sp³-hybridized carbons (Fsp3) is 0.0714. The Bertz CT molecular complexity index is 669. The number of anilines is 1. The van der Waals surface area contributed by atoms with Gasteiger partial charge in [0.15, 0.2) is 5.54 Å². The van der Waals surface area contributed by atoms with Crippen LogP contribution in [0.25, 0.3) is 0 Å². The Hall–Kier alpha value is -2.53. The van der Waals surface area contributed by atoms with E-state index in [4.69, 9.17) is 5.73 Å². The fourth-order valence-electron chi connectivity index (χ4n) is 2.17. The van der Waals surface area contributed by atoms with Crippen LogP contribution in [0, 0.1) is 0 Å². The molecule has 94 valence electrons. The summed E-state index contributed by atoms with van der Waals surface area (Å²) in [6, 6.07) is 11.9. The third kappa shape index (κ3) is 1.56. The quantitative estimate of drug-likeness (QED) is 0.744. The lowest BCUT2D eigenvalue weighted by molar-refractivity contribution is -0.120. The highest BCUT2D eigenvalue weighted by Gasteiger charge is 2.48. The summed E-state index contributed by atoms with van der Waals surface area (Å²) >= 11 is 0. The molecule has 19 heavy (non-hydrogen) atoms. The zero-order chi connectivity index (χ0) is 13.5. The molecule has 1 aromatic carbocycles. The number of aromatic nitrogens is 1. The molecule has 1 aromatic heterocycles. The first-order valence-electron chi connectivity index (χ1n) is 5.79. The average Bonchev–Trinajstić information content (AvgIpc) is 2.46. The van der Waals surface area contributed by atoms with E-state index in [1.54, 1.807) is 42.5 Å². The topological polar surface area (TPSA) is 85.1 Å². The number of carbonyl (C=O) groups excluding carboxylic acids is 2. The molecule has 0 fully saturated rings. The van der Waals surface area contributed by atoms with Crippen LogP contribution in [0.1, 0.15) is 15.9 Å². The van der Waals surface area contributed by atoms with Crippen molar-refractivity contribution in [3.8, 4) is 0 Å². The molecule has 0 saturated carbocycles. The van der Waals surface area contributed by atoms with Crippen molar-refractivity contribution in [1.29, 1.82) is 0 Å². The first kappa shape index (κ1) is 11.6. The second kappa shape index (κ2) is 4.00. The maximum Gasteiger partial charge on any atom is 0.258 e. The summed E-state index contributed by atoms with van der Waals surface area (Å²) in [6.07, 6.45) is 1.51. The number of fused-ring (bicyclic) bond motifs is 1. The molecule has 1 aliphatic heterocycles. The van der Waals surface area contributed by atoms with Crippen LogP contribution < -0.4 is 11.1 Å². The zero-order valence-corrected chi connectivity index (χ0v) is 9.96. The Morgan fingerprint density at radius 2 is 1.79 bits per heavy atom. The van der Waals surface area contributed by atoms with Gasteiger partial charge >= 0.3 is 0 Å². The van der Waals surface area contributed by atoms with Gasteiger partial charge in [-0.3, -0.25) is 9.59 Å². The number of benzene rings is 1. The highest BCUT2D eigenvalue weighted by atomic mass is 16.2. The van der Waals surface area contributed by atoms with E-state index in [2.05, 4.69) is 10.3 Å². The number of amides is 1. The van der Waals surface area contributed by atoms with Crippen LogP contribution in [0.4, 0.5) is 5.82 Å². The maximum absolute atomic E-state index is 12.5. The minimum atomic E-state index is -1.70. The summed E-state index contributed by atoms with van der Waals surface area (Å²) < 4.78 is 0. The number of ketones is 1. The van der Waals surface area contributed by atoms with E-state index >= 15 is 0 Å². The third-order valence-electron chi connectivity index (χ3n) is 3.23. The number of hydrogen-bond donors (Lipinski definition) is 2. The predicted molar refractivity (Wildman–Crippen MR) is 69.5 cm³/mol. The smallest absolute Gasteiger partial charge is 0.258 e. The molecule has 3 rings (SSSR count). The van der Waals surface area contributed by atoms with Gasteiger partial charge in [0, 0.05) is 6.20 Å². The lowest BCUT2D eigenvalue weighted by Gasteiger charge is -2.31. The number of hydrogen-bond acceptors (Lipinski definition) is 4. The van der Waals surface area contributed by atoms with Gasteiger partial charge in [-0.15, -0.1) is 0 Å². The average molecular weight is 253 g/mol. The molecule has 2 aromatic rings. The lowest BCUT2D eigenvalue weighted by atomic mass is 9.80. The molecule has 1 amide bonds. The number of rotatable bonds is 1. The molecule has 0 saturated heterocycles. The van der Waals surface area contributed by atoms with Gasteiger partial charge in [0.25, 0.3) is 5.91 Å². The Morgan fingerprint density at radius 1 is 1.05 bits per heavy atom. The standard InChI is InChI=1S/C14H11N3O2/c15-14(9-5-2-1-3-6-9)11(18)10-7-4-8-16-12(10)17-13(14)19/h1-8H,15H2,(H,16,17,19). The van der Waals surface area contributed by atoms with Crippen molar-refractivity contribution in [2.45, 2.75) is 5.54 Å². The van der Waals surface area contributed by atoms with Gasteiger partial charge in [0.1, 0.15) is 5.82 Å². The molecule has 5 heteroatoms. The van der Waals surface area contributed by atoms with Gasteiger partial charge in [-0.2, -0.15) is 0 Å². The maximum atomic E-state index is 12.5. The summed E-state index contributed by atoms with van der Waals surface area (Å²) in [4.78, 5) is 28.7. The predicted octanol–water partition coefficient (Wildman–Crippen LogP) is 1.07. The van der Waals surface area contributed by atoms with Gasteiger partial charge in [-0.05, 0) is 17.7 Å². The Balaban J connectivity index is 2.19. The number of nitrogens with two attached hydrogens (primary N) is 1. The number of nitrogens with zero attached hydrogens (tertiary/aromatic N) is 1. The monoisotopic (exact) mass is 253 g/mol. The fourth-order valence-corrected chi connectivity index (χ4v) is 2.17. The molecule has 5 nitrogen and oxygen atoms in total. The van der Waals surface area contributed by atoms with E-state index < -0.39 is 17.2 Å². The van der Waals surface area contributed by atoms with Crippen LogP contribution >= 0.6 is 0 Å². The van der Waals surface area contributed by atoms with Gasteiger partial charge in [-0.1, -0.05) is 30.3 Å². The molecule has 0 spiro atoms. The molecule has 1 atom stereocenters. The minimum Gasteiger partial charge on any atom is -0.308 e. The van der Waals surface area contributed by atoms with E-state index in [-0.39, 0.29) is 5.82 Å². The molecular weight excluding hydrogens is 242 g/mol. The van der Waals surface area contributed by atoms with Crippen LogP contribution in [-0.4, -0.2) is 16.7 Å². The van der Waals surface area contributed by atoms with E-state index in [9.17, 15) is 9.59 Å². The van der Waals surface area contributed by atoms with Crippen molar-refractivity contribution in [2.75, 3.05) is 5.32 Å². The minimum absolute atomic E-state index is 0.259. The van der Waals surface area contributed by atoms with Gasteiger partial charge < -0.3 is 11.1 Å². The van der Waals surface area contributed by atoms with E-state index in [1.807, 2.05) is 0 Å². The van der Waals surface area contributed by atoms with Crippen LogP contribution in [0.2, 0.25) is 0 Å². The largest absolute Gasteiger partial charge is 0.308 e. The molecule has 2 heterocycles. The second-order valence-corrected chi connectivity index (χ2v) is 4.36. The first-order valence-corrected chi connectivity index (χ1v) is 5.79. The van der Waals surface area contributed by atoms with Crippen molar-refractivity contribution in [3.63, 3.8) is 0 Å². The second-order valence-electron chi connectivity index (χ2n) is 4.36. The van der Waals surface area contributed by atoms with Gasteiger partial charge in [-0.25, -0.2) is 4.98 Å². The van der Waals surface area contributed by atoms with E-state index in [1.165, 1.54) is 6.20 Å². The lowest BCUT2D eigenvalue weighted by Crippen LogP contribution is -2.57. The number of Topliss-reactive ketones (excluding diaryl/α,β-unsaturated/α-hetero) is 1. The van der Waals surface area contributed by atoms with Crippen molar-refractivity contribution in [1.82, 2.24) is 4.98 Å². The van der Waals surface area contributed by atoms with Crippen molar-refractivity contribution < 1.29 is 9.59 Å². The summed E-state index contributed by atoms with van der Waals surface area (Å²) in [6.45, 7) is 0. The van der Waals surface area contributed by atoms with E-state index in [0.717, 1.165) is 0 Å². The van der Waals surface area contributed by atoms with Crippen LogP contribution in [-0.2, 0) is 10.3 Å². The molecular formula is C14H11N3O2. The molecule has 3 N–H and O–H groups in total. The zero-order valence-electron chi connectivity index (χ0n) is 9.96. The van der Waals surface area contributed by atoms with Crippen molar-refractivity contribution in [3.05, 3.63) is 59.8 Å². The van der Waals surface area contributed by atoms with Crippen molar-refractivity contribution >= 4 is 17.5 Å². The summed E-state index contributed by atoms with van der Waals surface area (Å²) in [7, 11) is 0. The van der Waals surface area contributed by atoms with Crippen LogP contribution in [0.3, 0.4) is 0 Å². The number of carbonyl (C=O) groups is 2. The first-order chi connectivity index (χ1) is 9.14. The molecule has 1 aliphatic rings. The van der Waals surface area contributed by atoms with Crippen LogP contribution in [0.15, 0.2) is 48.7 Å². The van der Waals surface area contributed by atoms with Crippen LogP contribution in [0.5, 0.6) is 0 Å². The normalized spacial score (nSPS) is 21.7. The van der Waals surface area contributed by atoms with Crippen molar-refractivity contribution in [2.24, 2.45) is 5.73 Å². The van der Waals surface area contributed by atoms with Gasteiger partial charge in [0.05, 0.1) is 5.56 Å². The summed E-state index contributed by atoms with van der Waals surface area (Å²) in [5.74, 6) is -0.741. The molecule has 0 bridgehead atoms. The Morgan fingerprint density at radius 3 is 2.53 bits per heavy atom. The van der Waals surface area contributed by atoms with Gasteiger partial charge in [0.2, 0.25) is 5.78 Å². The molecule has 1 unspecified atom stereocenters. The molecule has 0 aliphatic carbocycles. The summed E-state index contributed by atoms with van der Waals surface area (Å²) in [5.41, 5.74) is 5.19. The highest BCUT2D eigenvalue weighted by molar-refractivity contribution is 6.26. The molecule has 0 radical (unpaired) electrons. The Kier molecular flexibility index (Phi) is 2.43.